The van der Waals surface area contributed by atoms with Crippen LogP contribution in [0.4, 0.5) is 34.1 Å². The fourth-order valence-corrected chi connectivity index (χ4v) is 15.1. The number of hydrogen-bond donors (Lipinski definition) is 0. The summed E-state index contributed by atoms with van der Waals surface area (Å²) in [6, 6.07) is 124. The SMILES string of the molecule is CC(C)(C)c1cc(-c2ccccc2)c(N2c3ccc(-c4cccc(-c5ccccc5)c4)cc3B3c4cc(-c5cc(-c6ccccc6)cc(-c6ccccc6)c5)ccc4N(c4c(-c5ccccc5)cc(C(C)(C)C)cc4-c4ccccc4)c4cc(C(C)(C)C)cc2c43)c(-c2ccccc2)c1. The Labute approximate surface area is 586 Å². The predicted molar refractivity (Wildman–Crippen MR) is 425 cm³/mol. The van der Waals surface area contributed by atoms with Crippen molar-refractivity contribution in [3.8, 4) is 100 Å². The molecule has 2 aliphatic rings. The molecule has 16 rings (SSSR count). The lowest BCUT2D eigenvalue weighted by atomic mass is 9.33. The molecule has 0 spiro atoms. The van der Waals surface area contributed by atoms with Crippen LogP contribution >= 0.6 is 0 Å². The van der Waals surface area contributed by atoms with E-state index in [1.165, 1.54) is 106 Å². The number of hydrogen-bond acceptors (Lipinski definition) is 2. The molecule has 0 atom stereocenters. The van der Waals surface area contributed by atoms with E-state index in [4.69, 9.17) is 0 Å². The lowest BCUT2D eigenvalue weighted by Gasteiger charge is -2.47. The molecule has 14 aromatic carbocycles. The monoisotopic (exact) mass is 1270 g/mol. The van der Waals surface area contributed by atoms with Crippen molar-refractivity contribution in [3.63, 3.8) is 0 Å². The minimum Gasteiger partial charge on any atom is -0.310 e. The molecule has 2 aliphatic heterocycles. The molecule has 0 aliphatic carbocycles. The average Bonchev–Trinajstić information content (AvgIpc) is 0.686. The molecule has 0 bridgehead atoms. The number of fused-ring (bicyclic) bond motifs is 4. The van der Waals surface area contributed by atoms with Crippen molar-refractivity contribution in [2.24, 2.45) is 0 Å². The van der Waals surface area contributed by atoms with Crippen molar-refractivity contribution in [2.75, 3.05) is 9.80 Å². The number of rotatable bonds is 11. The Morgan fingerprint density at radius 2 is 0.444 bits per heavy atom. The van der Waals surface area contributed by atoms with Gasteiger partial charge >= 0.3 is 0 Å². The minimum absolute atomic E-state index is 0.176. The first-order valence-corrected chi connectivity index (χ1v) is 35.1. The van der Waals surface area contributed by atoms with Gasteiger partial charge in [-0.25, -0.2) is 0 Å². The summed E-state index contributed by atoms with van der Waals surface area (Å²) in [6.07, 6.45) is 0. The third-order valence-corrected chi connectivity index (χ3v) is 20.5. The molecule has 0 N–H and O–H groups in total. The van der Waals surface area contributed by atoms with Crippen molar-refractivity contribution in [1.29, 1.82) is 0 Å². The summed E-state index contributed by atoms with van der Waals surface area (Å²) in [5.41, 5.74) is 34.9. The van der Waals surface area contributed by atoms with Gasteiger partial charge in [-0.15, -0.1) is 0 Å². The van der Waals surface area contributed by atoms with Gasteiger partial charge in [0, 0.05) is 45.0 Å². The summed E-state index contributed by atoms with van der Waals surface area (Å²) in [6.45, 7) is 21.0. The fourth-order valence-electron chi connectivity index (χ4n) is 15.1. The van der Waals surface area contributed by atoms with E-state index in [0.29, 0.717) is 0 Å². The molecule has 0 unspecified atom stereocenters. The maximum atomic E-state index is 2.71. The standard InChI is InChI=1S/C96H81BN2/c1-94(2,3)78-58-81(67-38-23-13-24-39-67)92(82(59-78)68-40-25-14-26-41-68)98-87-50-48-73(72-47-31-46-71(52-72)64-32-17-10-18-33-64)56-85(87)97-86-57-74(77-54-75(65-34-19-11-20-35-65)53-76(55-77)66-36-21-12-22-37-66)49-51-88(86)99(90-63-80(96(7,8)9)62-89(98)91(90)97)93-83(69-42-27-15-28-43-69)60-79(95(4,5)6)61-84(93)70-44-29-16-30-45-70/h10-63H,1-9H3. The summed E-state index contributed by atoms with van der Waals surface area (Å²) in [5, 5.41) is 0. The Bertz CT molecular complexity index is 5140. The van der Waals surface area contributed by atoms with Crippen molar-refractivity contribution in [1.82, 2.24) is 0 Å². The largest absolute Gasteiger partial charge is 0.310 e. The molecule has 2 nitrogen and oxygen atoms in total. The van der Waals surface area contributed by atoms with E-state index in [1.54, 1.807) is 0 Å². The molecule has 14 aromatic rings. The van der Waals surface area contributed by atoms with Crippen LogP contribution in [0.2, 0.25) is 0 Å². The molecule has 0 aromatic heterocycles. The van der Waals surface area contributed by atoms with Crippen LogP contribution in [0.1, 0.15) is 79.0 Å². The van der Waals surface area contributed by atoms with Crippen LogP contribution in [0.15, 0.2) is 328 Å². The van der Waals surface area contributed by atoms with Gasteiger partial charge in [-0.1, -0.05) is 317 Å². The predicted octanol–water partition coefficient (Wildman–Crippen LogP) is 24.7. The van der Waals surface area contributed by atoms with Crippen LogP contribution in [0.3, 0.4) is 0 Å². The Morgan fingerprint density at radius 3 is 0.768 bits per heavy atom. The van der Waals surface area contributed by atoms with E-state index in [0.717, 1.165) is 61.7 Å². The molecule has 0 fully saturated rings. The molecule has 478 valence electrons. The first kappa shape index (κ1) is 62.5. The third kappa shape index (κ3) is 11.7. The lowest BCUT2D eigenvalue weighted by Crippen LogP contribution is -2.61. The quantitative estimate of drug-likeness (QED) is 0.119. The molecular formula is C96H81BN2. The van der Waals surface area contributed by atoms with Crippen molar-refractivity contribution < 1.29 is 0 Å². The van der Waals surface area contributed by atoms with E-state index >= 15 is 0 Å². The maximum Gasteiger partial charge on any atom is 0.252 e. The minimum atomic E-state index is -0.294. The topological polar surface area (TPSA) is 6.48 Å². The summed E-state index contributed by atoms with van der Waals surface area (Å²) >= 11 is 0. The second kappa shape index (κ2) is 25.0. The van der Waals surface area contributed by atoms with Gasteiger partial charge in [0.05, 0.1) is 11.4 Å². The number of benzene rings is 14. The van der Waals surface area contributed by atoms with Crippen molar-refractivity contribution in [3.05, 3.63) is 344 Å². The molecule has 0 amide bonds. The normalized spacial score (nSPS) is 12.6. The van der Waals surface area contributed by atoms with Crippen molar-refractivity contribution >= 4 is 57.2 Å². The van der Waals surface area contributed by atoms with Crippen LogP contribution in [0, 0.1) is 0 Å². The number of nitrogens with zero attached hydrogens (tertiary/aromatic N) is 2. The van der Waals surface area contributed by atoms with Gasteiger partial charge in [0.1, 0.15) is 0 Å². The van der Waals surface area contributed by atoms with Gasteiger partial charge in [0.15, 0.2) is 0 Å². The van der Waals surface area contributed by atoms with Crippen LogP contribution < -0.4 is 26.2 Å². The zero-order chi connectivity index (χ0) is 67.7. The van der Waals surface area contributed by atoms with E-state index in [2.05, 4.69) is 400 Å². The van der Waals surface area contributed by atoms with Gasteiger partial charge in [-0.2, -0.15) is 0 Å². The highest BCUT2D eigenvalue weighted by atomic mass is 15.2. The number of anilines is 6. The van der Waals surface area contributed by atoms with Crippen LogP contribution in [0.5, 0.6) is 0 Å². The highest BCUT2D eigenvalue weighted by molar-refractivity contribution is 7.00. The van der Waals surface area contributed by atoms with Crippen molar-refractivity contribution in [2.45, 2.75) is 78.6 Å². The third-order valence-electron chi connectivity index (χ3n) is 20.5. The van der Waals surface area contributed by atoms with Gasteiger partial charge in [-0.3, -0.25) is 0 Å². The van der Waals surface area contributed by atoms with E-state index < -0.39 is 0 Å². The first-order valence-electron chi connectivity index (χ1n) is 35.1. The molecule has 0 radical (unpaired) electrons. The maximum absolute atomic E-state index is 2.71. The van der Waals surface area contributed by atoms with Crippen LogP contribution in [-0.4, -0.2) is 6.71 Å². The summed E-state index contributed by atoms with van der Waals surface area (Å²) in [7, 11) is 0. The summed E-state index contributed by atoms with van der Waals surface area (Å²) in [4.78, 5) is 5.43. The molecule has 99 heavy (non-hydrogen) atoms. The van der Waals surface area contributed by atoms with Crippen LogP contribution in [0.25, 0.3) is 100 Å². The molecule has 2 heterocycles. The Balaban J connectivity index is 1.09. The Kier molecular flexibility index (Phi) is 15.8. The Hall–Kier alpha value is -11.3. The average molecular weight is 1270 g/mol. The highest BCUT2D eigenvalue weighted by Gasteiger charge is 2.46. The van der Waals surface area contributed by atoms with Gasteiger partial charge < -0.3 is 9.80 Å². The summed E-state index contributed by atoms with van der Waals surface area (Å²) < 4.78 is 0. The zero-order valence-corrected chi connectivity index (χ0v) is 58.1. The molecule has 3 heteroatoms. The fraction of sp³-hybridized carbons (Fsp3) is 0.125. The highest BCUT2D eigenvalue weighted by Crippen LogP contribution is 2.55. The lowest BCUT2D eigenvalue weighted by molar-refractivity contribution is 0.590. The van der Waals surface area contributed by atoms with Gasteiger partial charge in [-0.05, 0) is 200 Å². The van der Waals surface area contributed by atoms with E-state index in [1.807, 2.05) is 0 Å². The molecule has 0 saturated carbocycles. The second-order valence-corrected chi connectivity index (χ2v) is 30.1. The molecule has 0 saturated heterocycles. The smallest absolute Gasteiger partial charge is 0.252 e. The Morgan fingerprint density at radius 1 is 0.202 bits per heavy atom. The van der Waals surface area contributed by atoms with Gasteiger partial charge in [0.2, 0.25) is 0 Å². The van der Waals surface area contributed by atoms with Crippen LogP contribution in [-0.2, 0) is 16.2 Å². The first-order chi connectivity index (χ1) is 48.0. The summed E-state index contributed by atoms with van der Waals surface area (Å²) in [5.74, 6) is 0. The zero-order valence-electron chi connectivity index (χ0n) is 58.1. The second-order valence-electron chi connectivity index (χ2n) is 30.1. The molecular weight excluding hydrogens is 1190 g/mol. The van der Waals surface area contributed by atoms with E-state index in [-0.39, 0.29) is 23.0 Å². The van der Waals surface area contributed by atoms with Gasteiger partial charge in [0.25, 0.3) is 6.71 Å². The van der Waals surface area contributed by atoms with E-state index in [9.17, 15) is 0 Å².